The summed E-state index contributed by atoms with van der Waals surface area (Å²) in [7, 11) is 0. The molecular formula is C15H22ClN. The molecule has 1 fully saturated rings. The molecule has 2 atom stereocenters. The van der Waals surface area contributed by atoms with Crippen LogP contribution < -0.4 is 5.32 Å². The highest BCUT2D eigenvalue weighted by molar-refractivity contribution is 6.30. The minimum absolute atomic E-state index is 0.382. The monoisotopic (exact) mass is 251 g/mol. The fourth-order valence-electron chi connectivity index (χ4n) is 2.80. The summed E-state index contributed by atoms with van der Waals surface area (Å²) in [6.07, 6.45) is 3.89. The molecule has 1 saturated carbocycles. The standard InChI is InChI=1S/C15H22ClN/c1-11(12-5-4-6-13(16)9-12)17-14-7-8-15(2,3)10-14/h4-6,9,11,14,17H,7-8,10H2,1-3H3/t11-,14?/m0/s1. The first-order valence-electron chi connectivity index (χ1n) is 6.48. The van der Waals surface area contributed by atoms with E-state index in [1.165, 1.54) is 24.8 Å². The summed E-state index contributed by atoms with van der Waals surface area (Å²) in [5.74, 6) is 0. The van der Waals surface area contributed by atoms with Gasteiger partial charge >= 0.3 is 0 Å². The largest absolute Gasteiger partial charge is 0.307 e. The highest BCUT2D eigenvalue weighted by Crippen LogP contribution is 2.37. The first-order valence-corrected chi connectivity index (χ1v) is 6.86. The Balaban J connectivity index is 1.96. The van der Waals surface area contributed by atoms with E-state index in [0.717, 1.165) is 5.02 Å². The predicted molar refractivity (Wildman–Crippen MR) is 74.4 cm³/mol. The molecule has 2 rings (SSSR count). The summed E-state index contributed by atoms with van der Waals surface area (Å²) < 4.78 is 0. The molecule has 1 nitrogen and oxygen atoms in total. The lowest BCUT2D eigenvalue weighted by Gasteiger charge is -2.22. The lowest BCUT2D eigenvalue weighted by Crippen LogP contribution is -2.30. The highest BCUT2D eigenvalue weighted by atomic mass is 35.5. The molecule has 1 aromatic carbocycles. The smallest absolute Gasteiger partial charge is 0.0409 e. The Morgan fingerprint density at radius 3 is 2.76 bits per heavy atom. The van der Waals surface area contributed by atoms with Gasteiger partial charge in [-0.2, -0.15) is 0 Å². The van der Waals surface area contributed by atoms with Gasteiger partial charge in [0.1, 0.15) is 0 Å². The average Bonchev–Trinajstić information content (AvgIpc) is 2.58. The number of hydrogen-bond donors (Lipinski definition) is 1. The molecule has 1 aliphatic rings. The Labute approximate surface area is 110 Å². The maximum absolute atomic E-state index is 6.02. The fourth-order valence-corrected chi connectivity index (χ4v) is 3.00. The summed E-state index contributed by atoms with van der Waals surface area (Å²) in [5, 5.41) is 4.54. The molecule has 1 aliphatic carbocycles. The van der Waals surface area contributed by atoms with Crippen LogP contribution in [0.1, 0.15) is 51.6 Å². The normalized spacial score (nSPS) is 24.8. The summed E-state index contributed by atoms with van der Waals surface area (Å²) >= 11 is 6.02. The van der Waals surface area contributed by atoms with Gasteiger partial charge in [0.05, 0.1) is 0 Å². The maximum Gasteiger partial charge on any atom is 0.0409 e. The van der Waals surface area contributed by atoms with Crippen molar-refractivity contribution in [3.8, 4) is 0 Å². The third kappa shape index (κ3) is 3.46. The molecule has 94 valence electrons. The average molecular weight is 252 g/mol. The van der Waals surface area contributed by atoms with Crippen LogP contribution in [0.25, 0.3) is 0 Å². The molecule has 0 bridgehead atoms. The molecule has 0 spiro atoms. The maximum atomic E-state index is 6.02. The number of rotatable bonds is 3. The Morgan fingerprint density at radius 2 is 2.18 bits per heavy atom. The second-order valence-electron chi connectivity index (χ2n) is 6.05. The summed E-state index contributed by atoms with van der Waals surface area (Å²) in [5.41, 5.74) is 1.79. The third-order valence-corrected chi connectivity index (χ3v) is 4.04. The van der Waals surface area contributed by atoms with Crippen LogP contribution in [0, 0.1) is 5.41 Å². The minimum atomic E-state index is 0.382. The molecule has 0 saturated heterocycles. The Bertz CT molecular complexity index is 386. The van der Waals surface area contributed by atoms with Crippen molar-refractivity contribution in [2.24, 2.45) is 5.41 Å². The molecule has 0 aromatic heterocycles. The van der Waals surface area contributed by atoms with Crippen molar-refractivity contribution < 1.29 is 0 Å². The van der Waals surface area contributed by atoms with Crippen LogP contribution in [0.4, 0.5) is 0 Å². The molecule has 0 heterocycles. The van der Waals surface area contributed by atoms with Gasteiger partial charge in [-0.1, -0.05) is 37.6 Å². The van der Waals surface area contributed by atoms with Crippen LogP contribution in [0.15, 0.2) is 24.3 Å². The Kier molecular flexibility index (Phi) is 3.79. The number of nitrogens with one attached hydrogen (secondary N) is 1. The lowest BCUT2D eigenvalue weighted by atomic mass is 9.91. The van der Waals surface area contributed by atoms with E-state index >= 15 is 0 Å². The van der Waals surface area contributed by atoms with E-state index in [9.17, 15) is 0 Å². The molecule has 0 amide bonds. The van der Waals surface area contributed by atoms with Crippen LogP contribution in [0.3, 0.4) is 0 Å². The van der Waals surface area contributed by atoms with E-state index in [2.05, 4.69) is 38.2 Å². The van der Waals surface area contributed by atoms with Gasteiger partial charge in [-0.15, -0.1) is 0 Å². The number of benzene rings is 1. The zero-order chi connectivity index (χ0) is 12.5. The first kappa shape index (κ1) is 12.9. The fraction of sp³-hybridized carbons (Fsp3) is 0.600. The topological polar surface area (TPSA) is 12.0 Å². The van der Waals surface area contributed by atoms with Crippen molar-refractivity contribution >= 4 is 11.6 Å². The van der Waals surface area contributed by atoms with Crippen molar-refractivity contribution in [1.82, 2.24) is 5.32 Å². The van der Waals surface area contributed by atoms with Crippen LogP contribution in [0.5, 0.6) is 0 Å². The highest BCUT2D eigenvalue weighted by Gasteiger charge is 2.31. The van der Waals surface area contributed by atoms with Crippen molar-refractivity contribution in [3.63, 3.8) is 0 Å². The molecule has 0 aliphatic heterocycles. The minimum Gasteiger partial charge on any atom is -0.307 e. The van der Waals surface area contributed by atoms with Gasteiger partial charge in [0, 0.05) is 17.1 Å². The van der Waals surface area contributed by atoms with Crippen molar-refractivity contribution in [1.29, 1.82) is 0 Å². The van der Waals surface area contributed by atoms with Crippen molar-refractivity contribution in [2.75, 3.05) is 0 Å². The Hall–Kier alpha value is -0.530. The first-order chi connectivity index (χ1) is 7.96. The van der Waals surface area contributed by atoms with Gasteiger partial charge < -0.3 is 5.32 Å². The molecular weight excluding hydrogens is 230 g/mol. The number of hydrogen-bond acceptors (Lipinski definition) is 1. The van der Waals surface area contributed by atoms with E-state index < -0.39 is 0 Å². The van der Waals surface area contributed by atoms with Crippen LogP contribution in [-0.4, -0.2) is 6.04 Å². The summed E-state index contributed by atoms with van der Waals surface area (Å²) in [4.78, 5) is 0. The molecule has 17 heavy (non-hydrogen) atoms. The van der Waals surface area contributed by atoms with Crippen LogP contribution in [-0.2, 0) is 0 Å². The summed E-state index contributed by atoms with van der Waals surface area (Å²) in [6.45, 7) is 6.94. The Morgan fingerprint density at radius 1 is 1.41 bits per heavy atom. The van der Waals surface area contributed by atoms with E-state index in [4.69, 9.17) is 11.6 Å². The third-order valence-electron chi connectivity index (χ3n) is 3.80. The quantitative estimate of drug-likeness (QED) is 0.830. The van der Waals surface area contributed by atoms with Gasteiger partial charge in [-0.25, -0.2) is 0 Å². The van der Waals surface area contributed by atoms with Gasteiger partial charge in [-0.3, -0.25) is 0 Å². The van der Waals surface area contributed by atoms with E-state index in [1.807, 2.05) is 12.1 Å². The zero-order valence-electron chi connectivity index (χ0n) is 11.0. The molecule has 1 N–H and O–H groups in total. The van der Waals surface area contributed by atoms with E-state index in [1.54, 1.807) is 0 Å². The summed E-state index contributed by atoms with van der Waals surface area (Å²) in [6, 6.07) is 9.18. The molecule has 0 radical (unpaired) electrons. The van der Waals surface area contributed by atoms with E-state index in [-0.39, 0.29) is 0 Å². The van der Waals surface area contributed by atoms with Crippen LogP contribution in [0.2, 0.25) is 5.02 Å². The molecule has 1 aromatic rings. The SMILES string of the molecule is C[C@H](NC1CCC(C)(C)C1)c1cccc(Cl)c1. The number of halogens is 1. The predicted octanol–water partition coefficient (Wildman–Crippen LogP) is 4.57. The van der Waals surface area contributed by atoms with Crippen molar-refractivity contribution in [3.05, 3.63) is 34.9 Å². The second kappa shape index (κ2) is 4.99. The molecule has 2 heteroatoms. The van der Waals surface area contributed by atoms with Gasteiger partial charge in [0.15, 0.2) is 0 Å². The van der Waals surface area contributed by atoms with E-state index in [0.29, 0.717) is 17.5 Å². The molecule has 1 unspecified atom stereocenters. The lowest BCUT2D eigenvalue weighted by molar-refractivity contribution is 0.356. The van der Waals surface area contributed by atoms with Crippen LogP contribution >= 0.6 is 11.6 Å². The van der Waals surface area contributed by atoms with Crippen molar-refractivity contribution in [2.45, 2.75) is 52.1 Å². The van der Waals surface area contributed by atoms with Gasteiger partial charge in [0.25, 0.3) is 0 Å². The zero-order valence-corrected chi connectivity index (χ0v) is 11.7. The second-order valence-corrected chi connectivity index (χ2v) is 6.48. The van der Waals surface area contributed by atoms with Gasteiger partial charge in [0.2, 0.25) is 0 Å². The van der Waals surface area contributed by atoms with Gasteiger partial charge in [-0.05, 0) is 49.3 Å².